The Bertz CT molecular complexity index is 1210. The van der Waals surface area contributed by atoms with Crippen LogP contribution in [-0.4, -0.2) is 49.7 Å². The summed E-state index contributed by atoms with van der Waals surface area (Å²) in [4.78, 5) is 28.5. The lowest BCUT2D eigenvalue weighted by Crippen LogP contribution is -2.37. The van der Waals surface area contributed by atoms with Gasteiger partial charge in [-0.2, -0.15) is 0 Å². The van der Waals surface area contributed by atoms with E-state index in [0.29, 0.717) is 5.56 Å². The van der Waals surface area contributed by atoms with E-state index in [0.717, 1.165) is 53.5 Å². The summed E-state index contributed by atoms with van der Waals surface area (Å²) in [6, 6.07) is 21.4. The number of fused-ring (bicyclic) bond motifs is 1. The number of ether oxygens (including phenoxy) is 2. The van der Waals surface area contributed by atoms with E-state index in [1.807, 2.05) is 78.7 Å². The molecule has 1 atom stereocenters. The summed E-state index contributed by atoms with van der Waals surface area (Å²) in [5, 5.41) is 2.96. The van der Waals surface area contributed by atoms with Gasteiger partial charge in [-0.15, -0.1) is 0 Å². The van der Waals surface area contributed by atoms with Crippen molar-refractivity contribution in [2.24, 2.45) is 0 Å². The van der Waals surface area contributed by atoms with Crippen molar-refractivity contribution in [1.82, 2.24) is 4.90 Å². The molecule has 174 valence electrons. The summed E-state index contributed by atoms with van der Waals surface area (Å²) in [5.74, 6) is 1.42. The van der Waals surface area contributed by atoms with Crippen molar-refractivity contribution in [3.05, 3.63) is 72.3 Å². The Morgan fingerprint density at radius 1 is 0.941 bits per heavy atom. The van der Waals surface area contributed by atoms with Gasteiger partial charge in [0.2, 0.25) is 12.7 Å². The second-order valence-electron chi connectivity index (χ2n) is 8.66. The molecule has 1 saturated heterocycles. The first-order chi connectivity index (χ1) is 16.5. The molecule has 5 rings (SSSR count). The molecule has 2 aliphatic rings. The van der Waals surface area contributed by atoms with Gasteiger partial charge >= 0.3 is 0 Å². The molecule has 0 saturated carbocycles. The molecule has 0 radical (unpaired) electrons. The summed E-state index contributed by atoms with van der Waals surface area (Å²) >= 11 is 0. The minimum absolute atomic E-state index is 0.0915. The number of carbonyl (C=O) groups excluding carboxylic acids is 2. The monoisotopic (exact) mass is 457 g/mol. The largest absolute Gasteiger partial charge is 0.454 e. The Morgan fingerprint density at radius 3 is 2.38 bits per heavy atom. The molecule has 1 fully saturated rings. The van der Waals surface area contributed by atoms with E-state index in [2.05, 4.69) is 10.2 Å². The van der Waals surface area contributed by atoms with Gasteiger partial charge in [-0.1, -0.05) is 18.2 Å². The molecule has 7 nitrogen and oxygen atoms in total. The Balaban J connectivity index is 1.20. The molecular formula is C27H27N3O4. The number of hydrogen-bond donors (Lipinski definition) is 1. The predicted molar refractivity (Wildman–Crippen MR) is 131 cm³/mol. The van der Waals surface area contributed by atoms with Gasteiger partial charge in [-0.3, -0.25) is 9.59 Å². The number of likely N-dealkylation sites (N-methyl/N-ethyl adjacent to an activating group) is 1. The number of rotatable bonds is 5. The Morgan fingerprint density at radius 2 is 1.65 bits per heavy atom. The van der Waals surface area contributed by atoms with Gasteiger partial charge in [0.1, 0.15) is 0 Å². The van der Waals surface area contributed by atoms with E-state index < -0.39 is 0 Å². The zero-order valence-electron chi connectivity index (χ0n) is 19.3. The van der Waals surface area contributed by atoms with Crippen LogP contribution in [0.15, 0.2) is 66.7 Å². The van der Waals surface area contributed by atoms with E-state index in [9.17, 15) is 9.59 Å². The smallest absolute Gasteiger partial charge is 0.255 e. The first kappa shape index (κ1) is 21.8. The second kappa shape index (κ2) is 9.09. The SMILES string of the molecule is CC(=O)N(C)C1CCN(c2ccc(NC(=O)c3ccc(-c4ccc5c(c4)OCO5)cc3)cc2)C1. The molecule has 0 spiro atoms. The highest BCUT2D eigenvalue weighted by molar-refractivity contribution is 6.04. The standard InChI is InChI=1S/C27H27N3O4/c1-18(31)29(2)24-13-14-30(16-24)23-10-8-22(9-11-23)28-27(32)20-5-3-19(4-6-20)21-7-12-25-26(15-21)34-17-33-25/h3-12,15,24H,13-14,16-17H2,1-2H3,(H,28,32). The van der Waals surface area contributed by atoms with Crippen LogP contribution in [0.25, 0.3) is 11.1 Å². The van der Waals surface area contributed by atoms with Crippen LogP contribution in [0.2, 0.25) is 0 Å². The van der Waals surface area contributed by atoms with Crippen LogP contribution >= 0.6 is 0 Å². The van der Waals surface area contributed by atoms with E-state index in [1.165, 1.54) is 0 Å². The molecule has 2 aliphatic heterocycles. The predicted octanol–water partition coefficient (Wildman–Crippen LogP) is 4.39. The van der Waals surface area contributed by atoms with Crippen LogP contribution < -0.4 is 19.7 Å². The fourth-order valence-corrected chi connectivity index (χ4v) is 4.40. The lowest BCUT2D eigenvalue weighted by molar-refractivity contribution is -0.129. The van der Waals surface area contributed by atoms with Crippen LogP contribution in [0.3, 0.4) is 0 Å². The Hall–Kier alpha value is -4.00. The van der Waals surface area contributed by atoms with Crippen molar-refractivity contribution in [2.75, 3.05) is 37.1 Å². The highest BCUT2D eigenvalue weighted by Crippen LogP contribution is 2.36. The number of nitrogens with one attached hydrogen (secondary N) is 1. The molecule has 0 aromatic heterocycles. The first-order valence-corrected chi connectivity index (χ1v) is 11.4. The molecule has 1 N–H and O–H groups in total. The summed E-state index contributed by atoms with van der Waals surface area (Å²) < 4.78 is 10.8. The number of amides is 2. The van der Waals surface area contributed by atoms with Gasteiger partial charge in [0, 0.05) is 44.0 Å². The van der Waals surface area contributed by atoms with E-state index >= 15 is 0 Å². The molecule has 2 heterocycles. The molecule has 7 heteroatoms. The van der Waals surface area contributed by atoms with E-state index in [4.69, 9.17) is 9.47 Å². The molecule has 3 aromatic rings. The molecule has 34 heavy (non-hydrogen) atoms. The van der Waals surface area contributed by atoms with Gasteiger partial charge in [-0.05, 0) is 66.1 Å². The van der Waals surface area contributed by atoms with Crippen molar-refractivity contribution >= 4 is 23.2 Å². The normalized spacial score (nSPS) is 16.4. The van der Waals surface area contributed by atoms with Gasteiger partial charge in [-0.25, -0.2) is 0 Å². The Kier molecular flexibility index (Phi) is 5.84. The fourth-order valence-electron chi connectivity index (χ4n) is 4.40. The molecule has 3 aromatic carbocycles. The minimum atomic E-state index is -0.158. The first-order valence-electron chi connectivity index (χ1n) is 11.4. The van der Waals surface area contributed by atoms with Gasteiger partial charge in [0.05, 0.1) is 6.04 Å². The van der Waals surface area contributed by atoms with Gasteiger partial charge in [0.15, 0.2) is 11.5 Å². The summed E-state index contributed by atoms with van der Waals surface area (Å²) in [6.07, 6.45) is 0.955. The highest BCUT2D eigenvalue weighted by atomic mass is 16.7. The number of nitrogens with zero attached hydrogens (tertiary/aromatic N) is 2. The van der Waals surface area contributed by atoms with E-state index in [-0.39, 0.29) is 24.6 Å². The lowest BCUT2D eigenvalue weighted by atomic mass is 10.0. The van der Waals surface area contributed by atoms with Gasteiger partial charge < -0.3 is 24.6 Å². The fraction of sp³-hybridized carbons (Fsp3) is 0.259. The summed E-state index contributed by atoms with van der Waals surface area (Å²) in [7, 11) is 1.86. The average Bonchev–Trinajstić information content (AvgIpc) is 3.53. The maximum atomic E-state index is 12.7. The lowest BCUT2D eigenvalue weighted by Gasteiger charge is -2.24. The van der Waals surface area contributed by atoms with Crippen molar-refractivity contribution < 1.29 is 19.1 Å². The molecule has 0 bridgehead atoms. The van der Waals surface area contributed by atoms with Crippen LogP contribution in [0.1, 0.15) is 23.7 Å². The van der Waals surface area contributed by atoms with Crippen molar-refractivity contribution in [1.29, 1.82) is 0 Å². The highest BCUT2D eigenvalue weighted by Gasteiger charge is 2.27. The van der Waals surface area contributed by atoms with E-state index in [1.54, 1.807) is 6.92 Å². The third-order valence-electron chi connectivity index (χ3n) is 6.55. The minimum Gasteiger partial charge on any atom is -0.454 e. The van der Waals surface area contributed by atoms with Crippen LogP contribution in [0.4, 0.5) is 11.4 Å². The average molecular weight is 458 g/mol. The molecular weight excluding hydrogens is 430 g/mol. The second-order valence-corrected chi connectivity index (χ2v) is 8.66. The van der Waals surface area contributed by atoms with Crippen molar-refractivity contribution in [3.63, 3.8) is 0 Å². The summed E-state index contributed by atoms with van der Waals surface area (Å²) in [6.45, 7) is 3.57. The van der Waals surface area contributed by atoms with Crippen LogP contribution in [0, 0.1) is 0 Å². The molecule has 2 amide bonds. The zero-order valence-corrected chi connectivity index (χ0v) is 19.3. The number of anilines is 2. The maximum Gasteiger partial charge on any atom is 0.255 e. The zero-order chi connectivity index (χ0) is 23.7. The number of benzene rings is 3. The molecule has 1 unspecified atom stereocenters. The Labute approximate surface area is 198 Å². The third-order valence-corrected chi connectivity index (χ3v) is 6.55. The van der Waals surface area contributed by atoms with Crippen molar-refractivity contribution in [3.8, 4) is 22.6 Å². The van der Waals surface area contributed by atoms with Crippen molar-refractivity contribution in [2.45, 2.75) is 19.4 Å². The van der Waals surface area contributed by atoms with Crippen LogP contribution in [0.5, 0.6) is 11.5 Å². The number of hydrogen-bond acceptors (Lipinski definition) is 5. The number of carbonyl (C=O) groups is 2. The molecule has 0 aliphatic carbocycles. The topological polar surface area (TPSA) is 71.1 Å². The third kappa shape index (κ3) is 4.41. The quantitative estimate of drug-likeness (QED) is 0.615. The summed E-state index contributed by atoms with van der Waals surface area (Å²) in [5.41, 5.74) is 4.42. The maximum absolute atomic E-state index is 12.7. The van der Waals surface area contributed by atoms with Crippen LogP contribution in [-0.2, 0) is 4.79 Å². The van der Waals surface area contributed by atoms with Gasteiger partial charge in [0.25, 0.3) is 5.91 Å².